The molecule has 4 rings (SSSR count). The number of hydrogen-bond donors (Lipinski definition) is 1. The van der Waals surface area contributed by atoms with Crippen molar-refractivity contribution in [2.75, 3.05) is 11.9 Å². The van der Waals surface area contributed by atoms with Gasteiger partial charge in [0, 0.05) is 22.8 Å². The van der Waals surface area contributed by atoms with Crippen molar-refractivity contribution in [1.29, 1.82) is 0 Å². The zero-order valence-corrected chi connectivity index (χ0v) is 15.0. The molecule has 0 radical (unpaired) electrons. The predicted molar refractivity (Wildman–Crippen MR) is 101 cm³/mol. The van der Waals surface area contributed by atoms with Crippen molar-refractivity contribution < 1.29 is 14.3 Å². The van der Waals surface area contributed by atoms with Crippen LogP contribution in [0.5, 0.6) is 11.5 Å². The van der Waals surface area contributed by atoms with Crippen LogP contribution < -0.4 is 14.8 Å². The number of benzene rings is 2. The lowest BCUT2D eigenvalue weighted by molar-refractivity contribution is 0.103. The summed E-state index contributed by atoms with van der Waals surface area (Å²) in [5.74, 6) is 1.38. The SMILES string of the molecule is CCOc1cc2c(cc1NC(=O)c1cc3ccccc3s1)OC(C)C2. The molecule has 4 nitrogen and oxygen atoms in total. The first-order chi connectivity index (χ1) is 12.1. The number of rotatable bonds is 4. The highest BCUT2D eigenvalue weighted by molar-refractivity contribution is 7.20. The van der Waals surface area contributed by atoms with Crippen LogP contribution in [0.2, 0.25) is 0 Å². The zero-order chi connectivity index (χ0) is 17.4. The molecule has 1 amide bonds. The van der Waals surface area contributed by atoms with E-state index in [2.05, 4.69) is 5.32 Å². The monoisotopic (exact) mass is 353 g/mol. The highest BCUT2D eigenvalue weighted by Gasteiger charge is 2.23. The lowest BCUT2D eigenvalue weighted by Crippen LogP contribution is -2.11. The van der Waals surface area contributed by atoms with E-state index in [1.165, 1.54) is 11.3 Å². The van der Waals surface area contributed by atoms with Gasteiger partial charge < -0.3 is 14.8 Å². The third kappa shape index (κ3) is 3.07. The van der Waals surface area contributed by atoms with Crippen molar-refractivity contribution in [3.05, 3.63) is 52.9 Å². The van der Waals surface area contributed by atoms with Crippen molar-refractivity contribution in [3.63, 3.8) is 0 Å². The molecule has 0 bridgehead atoms. The van der Waals surface area contributed by atoms with E-state index in [1.807, 2.05) is 56.3 Å². The van der Waals surface area contributed by atoms with E-state index in [0.29, 0.717) is 22.9 Å². The van der Waals surface area contributed by atoms with E-state index in [-0.39, 0.29) is 12.0 Å². The number of carbonyl (C=O) groups excluding carboxylic acids is 1. The highest BCUT2D eigenvalue weighted by Crippen LogP contribution is 2.38. The molecule has 2 aromatic carbocycles. The highest BCUT2D eigenvalue weighted by atomic mass is 32.1. The molecule has 2 heterocycles. The molecular weight excluding hydrogens is 334 g/mol. The Morgan fingerprint density at radius 2 is 2.16 bits per heavy atom. The van der Waals surface area contributed by atoms with E-state index in [0.717, 1.165) is 27.8 Å². The molecule has 128 valence electrons. The predicted octanol–water partition coefficient (Wildman–Crippen LogP) is 4.88. The summed E-state index contributed by atoms with van der Waals surface area (Å²) in [5.41, 5.74) is 1.77. The third-order valence-electron chi connectivity index (χ3n) is 4.20. The Labute approximate surface area is 150 Å². The van der Waals surface area contributed by atoms with Crippen LogP contribution in [-0.4, -0.2) is 18.6 Å². The molecule has 0 saturated carbocycles. The Morgan fingerprint density at radius 1 is 1.32 bits per heavy atom. The fourth-order valence-corrected chi connectivity index (χ4v) is 4.05. The molecular formula is C20H19NO3S. The summed E-state index contributed by atoms with van der Waals surface area (Å²) in [4.78, 5) is 13.4. The first-order valence-corrected chi connectivity index (χ1v) is 9.22. The Bertz CT molecular complexity index is 914. The number of amides is 1. The fraction of sp³-hybridized carbons (Fsp3) is 0.250. The van der Waals surface area contributed by atoms with Crippen LogP contribution >= 0.6 is 11.3 Å². The standard InChI is InChI=1S/C20H19NO3S/c1-3-23-17-9-14-8-12(2)24-16(14)11-15(17)21-20(22)19-10-13-6-4-5-7-18(13)25-19/h4-7,9-12H,3,8H2,1-2H3,(H,21,22). The summed E-state index contributed by atoms with van der Waals surface area (Å²) in [5, 5.41) is 4.06. The Morgan fingerprint density at radius 3 is 2.96 bits per heavy atom. The first kappa shape index (κ1) is 16.0. The van der Waals surface area contributed by atoms with Gasteiger partial charge in [-0.05, 0) is 37.4 Å². The Kier molecular flexibility index (Phi) is 4.09. The number of carbonyl (C=O) groups is 1. The molecule has 5 heteroatoms. The molecule has 1 unspecified atom stereocenters. The summed E-state index contributed by atoms with van der Waals surface area (Å²) in [6.45, 7) is 4.51. The second-order valence-corrected chi connectivity index (χ2v) is 7.21. The van der Waals surface area contributed by atoms with Crippen molar-refractivity contribution in [3.8, 4) is 11.5 Å². The summed E-state index contributed by atoms with van der Waals surface area (Å²) in [6, 6.07) is 13.8. The van der Waals surface area contributed by atoms with E-state index in [1.54, 1.807) is 0 Å². The summed E-state index contributed by atoms with van der Waals surface area (Å²) in [7, 11) is 0. The zero-order valence-electron chi connectivity index (χ0n) is 14.2. The van der Waals surface area contributed by atoms with Gasteiger partial charge in [0.2, 0.25) is 0 Å². The second-order valence-electron chi connectivity index (χ2n) is 6.12. The molecule has 0 saturated heterocycles. The average Bonchev–Trinajstić information content (AvgIpc) is 3.17. The van der Waals surface area contributed by atoms with Crippen LogP contribution in [0.25, 0.3) is 10.1 Å². The minimum Gasteiger partial charge on any atom is -0.492 e. The number of fused-ring (bicyclic) bond motifs is 2. The van der Waals surface area contributed by atoms with Crippen LogP contribution in [0.1, 0.15) is 29.1 Å². The van der Waals surface area contributed by atoms with E-state index >= 15 is 0 Å². The molecule has 0 spiro atoms. The lowest BCUT2D eigenvalue weighted by atomic mass is 10.1. The minimum absolute atomic E-state index is 0.131. The molecule has 0 aliphatic carbocycles. The number of anilines is 1. The topological polar surface area (TPSA) is 47.6 Å². The van der Waals surface area contributed by atoms with Gasteiger partial charge in [-0.2, -0.15) is 0 Å². The maximum absolute atomic E-state index is 12.7. The van der Waals surface area contributed by atoms with Gasteiger partial charge in [-0.25, -0.2) is 0 Å². The molecule has 25 heavy (non-hydrogen) atoms. The minimum atomic E-state index is -0.131. The molecule has 1 aliphatic heterocycles. The maximum Gasteiger partial charge on any atom is 0.265 e. The normalized spacial score (nSPS) is 15.7. The van der Waals surface area contributed by atoms with Crippen LogP contribution in [0.3, 0.4) is 0 Å². The summed E-state index contributed by atoms with van der Waals surface area (Å²) in [6.07, 6.45) is 1.01. The van der Waals surface area contributed by atoms with Gasteiger partial charge in [0.25, 0.3) is 5.91 Å². The molecule has 1 aromatic heterocycles. The smallest absolute Gasteiger partial charge is 0.265 e. The van der Waals surface area contributed by atoms with Crippen LogP contribution in [-0.2, 0) is 6.42 Å². The summed E-state index contributed by atoms with van der Waals surface area (Å²) < 4.78 is 12.6. The van der Waals surface area contributed by atoms with Crippen molar-refractivity contribution >= 4 is 33.0 Å². The lowest BCUT2D eigenvalue weighted by Gasteiger charge is -2.13. The molecule has 0 fully saturated rings. The maximum atomic E-state index is 12.7. The van der Waals surface area contributed by atoms with Gasteiger partial charge in [0.15, 0.2) is 0 Å². The number of thiophene rings is 1. The van der Waals surface area contributed by atoms with Crippen LogP contribution in [0, 0.1) is 0 Å². The number of nitrogens with one attached hydrogen (secondary N) is 1. The van der Waals surface area contributed by atoms with Gasteiger partial charge in [-0.1, -0.05) is 18.2 Å². The van der Waals surface area contributed by atoms with E-state index < -0.39 is 0 Å². The Hall–Kier alpha value is -2.53. The van der Waals surface area contributed by atoms with E-state index in [4.69, 9.17) is 9.47 Å². The van der Waals surface area contributed by atoms with Gasteiger partial charge in [-0.3, -0.25) is 4.79 Å². The van der Waals surface area contributed by atoms with Gasteiger partial charge in [0.05, 0.1) is 17.2 Å². The molecule has 1 atom stereocenters. The van der Waals surface area contributed by atoms with E-state index in [9.17, 15) is 4.79 Å². The third-order valence-corrected chi connectivity index (χ3v) is 5.31. The van der Waals surface area contributed by atoms with Crippen molar-refractivity contribution in [2.45, 2.75) is 26.4 Å². The van der Waals surface area contributed by atoms with Crippen molar-refractivity contribution in [1.82, 2.24) is 0 Å². The van der Waals surface area contributed by atoms with Crippen LogP contribution in [0.4, 0.5) is 5.69 Å². The van der Waals surface area contributed by atoms with Gasteiger partial charge >= 0.3 is 0 Å². The quantitative estimate of drug-likeness (QED) is 0.727. The first-order valence-electron chi connectivity index (χ1n) is 8.40. The average molecular weight is 353 g/mol. The molecule has 1 N–H and O–H groups in total. The Balaban J connectivity index is 1.65. The summed E-state index contributed by atoms with van der Waals surface area (Å²) >= 11 is 1.49. The number of ether oxygens (including phenoxy) is 2. The van der Waals surface area contributed by atoms with Crippen LogP contribution in [0.15, 0.2) is 42.5 Å². The van der Waals surface area contributed by atoms with Crippen molar-refractivity contribution in [2.24, 2.45) is 0 Å². The fourth-order valence-electron chi connectivity index (χ4n) is 3.09. The van der Waals surface area contributed by atoms with Gasteiger partial charge in [0.1, 0.15) is 17.6 Å². The van der Waals surface area contributed by atoms with Gasteiger partial charge in [-0.15, -0.1) is 11.3 Å². The molecule has 1 aliphatic rings. The molecule has 3 aromatic rings. The largest absolute Gasteiger partial charge is 0.492 e. The second kappa shape index (κ2) is 6.41. The number of hydrogen-bond acceptors (Lipinski definition) is 4.